The molecule has 0 radical (unpaired) electrons. The van der Waals surface area contributed by atoms with Crippen LogP contribution < -0.4 is 5.32 Å². The summed E-state index contributed by atoms with van der Waals surface area (Å²) in [6.07, 6.45) is 0. The van der Waals surface area contributed by atoms with Crippen molar-refractivity contribution in [2.45, 2.75) is 19.4 Å². The summed E-state index contributed by atoms with van der Waals surface area (Å²) < 4.78 is 4.77. The number of esters is 1. The van der Waals surface area contributed by atoms with Crippen LogP contribution >= 0.6 is 0 Å². The Morgan fingerprint density at radius 1 is 1.89 bits per heavy atom. The van der Waals surface area contributed by atoms with Crippen molar-refractivity contribution in [2.75, 3.05) is 13.2 Å². The second-order valence-electron chi connectivity index (χ2n) is 2.41. The average molecular weight is 129 g/mol. The highest BCUT2D eigenvalue weighted by Gasteiger charge is 2.45. The van der Waals surface area contributed by atoms with E-state index >= 15 is 0 Å². The zero-order valence-corrected chi connectivity index (χ0v) is 5.73. The molecule has 1 aliphatic rings. The first-order valence-corrected chi connectivity index (χ1v) is 3.11. The molecule has 1 atom stereocenters. The highest BCUT2D eigenvalue weighted by molar-refractivity contribution is 5.83. The SMILES string of the molecule is CCOC(=O)[C@@]1(C)CN1. The van der Waals surface area contributed by atoms with Gasteiger partial charge in [-0.25, -0.2) is 0 Å². The topological polar surface area (TPSA) is 48.2 Å². The van der Waals surface area contributed by atoms with Gasteiger partial charge in [-0.3, -0.25) is 10.1 Å². The molecule has 0 aromatic heterocycles. The average Bonchev–Trinajstić information content (AvgIpc) is 2.50. The van der Waals surface area contributed by atoms with Gasteiger partial charge in [0.2, 0.25) is 0 Å². The van der Waals surface area contributed by atoms with Gasteiger partial charge in [-0.15, -0.1) is 0 Å². The zero-order valence-electron chi connectivity index (χ0n) is 5.73. The molecule has 0 bridgehead atoms. The number of rotatable bonds is 2. The first-order valence-electron chi connectivity index (χ1n) is 3.11. The van der Waals surface area contributed by atoms with Crippen LogP contribution in [0.25, 0.3) is 0 Å². The number of carbonyl (C=O) groups excluding carboxylic acids is 1. The standard InChI is InChI=1S/C6H11NO2/c1-3-9-5(8)6(2)4-7-6/h7H,3-4H2,1-2H3/t6-/m1/s1. The lowest BCUT2D eigenvalue weighted by Gasteiger charge is -2.03. The maximum atomic E-state index is 10.8. The van der Waals surface area contributed by atoms with Crippen LogP contribution in [0.1, 0.15) is 13.8 Å². The van der Waals surface area contributed by atoms with Crippen LogP contribution in [0.15, 0.2) is 0 Å². The molecule has 1 heterocycles. The fourth-order valence-corrected chi connectivity index (χ4v) is 0.567. The predicted octanol–water partition coefficient (Wildman–Crippen LogP) is -0.0886. The molecular weight excluding hydrogens is 118 g/mol. The summed E-state index contributed by atoms with van der Waals surface area (Å²) in [5.41, 5.74) is -0.351. The van der Waals surface area contributed by atoms with Crippen molar-refractivity contribution >= 4 is 5.97 Å². The van der Waals surface area contributed by atoms with Crippen LogP contribution in [0.2, 0.25) is 0 Å². The molecule has 1 N–H and O–H groups in total. The van der Waals surface area contributed by atoms with Crippen molar-refractivity contribution in [3.63, 3.8) is 0 Å². The van der Waals surface area contributed by atoms with E-state index in [1.165, 1.54) is 0 Å². The molecule has 0 aromatic rings. The van der Waals surface area contributed by atoms with Gasteiger partial charge in [0, 0.05) is 6.54 Å². The number of hydrogen-bond acceptors (Lipinski definition) is 3. The largest absolute Gasteiger partial charge is 0.465 e. The van der Waals surface area contributed by atoms with E-state index in [9.17, 15) is 4.79 Å². The van der Waals surface area contributed by atoms with Crippen LogP contribution in [-0.4, -0.2) is 24.7 Å². The van der Waals surface area contributed by atoms with Gasteiger partial charge in [-0.05, 0) is 13.8 Å². The fourth-order valence-electron chi connectivity index (χ4n) is 0.567. The fraction of sp³-hybridized carbons (Fsp3) is 0.833. The highest BCUT2D eigenvalue weighted by atomic mass is 16.5. The maximum absolute atomic E-state index is 10.8. The zero-order chi connectivity index (χ0) is 6.91. The molecule has 0 saturated carbocycles. The molecule has 0 aromatic carbocycles. The van der Waals surface area contributed by atoms with E-state index in [1.54, 1.807) is 0 Å². The third-order valence-electron chi connectivity index (χ3n) is 1.43. The van der Waals surface area contributed by atoms with Crippen LogP contribution in [0, 0.1) is 0 Å². The molecule has 3 heteroatoms. The molecule has 9 heavy (non-hydrogen) atoms. The monoisotopic (exact) mass is 129 g/mol. The van der Waals surface area contributed by atoms with E-state index in [1.807, 2.05) is 13.8 Å². The Kier molecular flexibility index (Phi) is 1.45. The van der Waals surface area contributed by atoms with E-state index in [0.717, 1.165) is 6.54 Å². The van der Waals surface area contributed by atoms with Crippen molar-refractivity contribution in [3.05, 3.63) is 0 Å². The van der Waals surface area contributed by atoms with E-state index in [-0.39, 0.29) is 11.5 Å². The van der Waals surface area contributed by atoms with Gasteiger partial charge in [-0.1, -0.05) is 0 Å². The summed E-state index contributed by atoms with van der Waals surface area (Å²) in [6.45, 7) is 4.87. The van der Waals surface area contributed by atoms with Crippen LogP contribution in [0.4, 0.5) is 0 Å². The molecule has 1 rings (SSSR count). The molecule has 0 unspecified atom stereocenters. The first-order chi connectivity index (χ1) is 4.19. The van der Waals surface area contributed by atoms with Crippen molar-refractivity contribution < 1.29 is 9.53 Å². The summed E-state index contributed by atoms with van der Waals surface area (Å²) in [5.74, 6) is -0.134. The van der Waals surface area contributed by atoms with Gasteiger partial charge in [0.05, 0.1) is 6.61 Å². The summed E-state index contributed by atoms with van der Waals surface area (Å²) >= 11 is 0. The van der Waals surface area contributed by atoms with Crippen molar-refractivity contribution in [3.8, 4) is 0 Å². The Hall–Kier alpha value is -0.570. The van der Waals surface area contributed by atoms with Crippen molar-refractivity contribution in [1.29, 1.82) is 0 Å². The van der Waals surface area contributed by atoms with Crippen LogP contribution in [0.3, 0.4) is 0 Å². The third-order valence-corrected chi connectivity index (χ3v) is 1.43. The Morgan fingerprint density at radius 2 is 2.44 bits per heavy atom. The maximum Gasteiger partial charge on any atom is 0.327 e. The molecule has 3 nitrogen and oxygen atoms in total. The number of hydrogen-bond donors (Lipinski definition) is 1. The Morgan fingerprint density at radius 3 is 2.78 bits per heavy atom. The predicted molar refractivity (Wildman–Crippen MR) is 33.0 cm³/mol. The van der Waals surface area contributed by atoms with Gasteiger partial charge in [0.15, 0.2) is 0 Å². The molecular formula is C6H11NO2. The minimum absolute atomic E-state index is 0.134. The molecule has 1 fully saturated rings. The highest BCUT2D eigenvalue weighted by Crippen LogP contribution is 2.16. The second-order valence-corrected chi connectivity index (χ2v) is 2.41. The second kappa shape index (κ2) is 1.99. The van der Waals surface area contributed by atoms with E-state index < -0.39 is 0 Å². The lowest BCUT2D eigenvalue weighted by molar-refractivity contribution is -0.145. The lowest BCUT2D eigenvalue weighted by Crippen LogP contribution is -2.26. The summed E-state index contributed by atoms with van der Waals surface area (Å²) in [7, 11) is 0. The van der Waals surface area contributed by atoms with Crippen molar-refractivity contribution in [1.82, 2.24) is 5.32 Å². The molecule has 0 spiro atoms. The summed E-state index contributed by atoms with van der Waals surface area (Å²) in [6, 6.07) is 0. The first kappa shape index (κ1) is 6.55. The van der Waals surface area contributed by atoms with Gasteiger partial charge in [0.1, 0.15) is 5.54 Å². The van der Waals surface area contributed by atoms with E-state index in [0.29, 0.717) is 6.61 Å². The molecule has 1 aliphatic heterocycles. The number of nitrogens with one attached hydrogen (secondary N) is 1. The Labute approximate surface area is 54.4 Å². The minimum atomic E-state index is -0.351. The van der Waals surface area contributed by atoms with E-state index in [2.05, 4.69) is 5.32 Å². The molecule has 1 saturated heterocycles. The van der Waals surface area contributed by atoms with Crippen LogP contribution in [-0.2, 0) is 9.53 Å². The van der Waals surface area contributed by atoms with Crippen molar-refractivity contribution in [2.24, 2.45) is 0 Å². The van der Waals surface area contributed by atoms with Gasteiger partial charge in [0.25, 0.3) is 0 Å². The lowest BCUT2D eigenvalue weighted by atomic mass is 10.2. The summed E-state index contributed by atoms with van der Waals surface area (Å²) in [5, 5.41) is 2.92. The molecule has 0 amide bonds. The van der Waals surface area contributed by atoms with Gasteiger partial charge < -0.3 is 4.74 Å². The third kappa shape index (κ3) is 1.21. The molecule has 0 aliphatic carbocycles. The van der Waals surface area contributed by atoms with Gasteiger partial charge in [-0.2, -0.15) is 0 Å². The summed E-state index contributed by atoms with van der Waals surface area (Å²) in [4.78, 5) is 10.8. The Balaban J connectivity index is 2.34. The quantitative estimate of drug-likeness (QED) is 0.418. The number of ether oxygens (including phenoxy) is 1. The minimum Gasteiger partial charge on any atom is -0.465 e. The molecule has 52 valence electrons. The number of carbonyl (C=O) groups is 1. The normalized spacial score (nSPS) is 31.8. The van der Waals surface area contributed by atoms with Gasteiger partial charge >= 0.3 is 5.97 Å². The smallest absolute Gasteiger partial charge is 0.327 e. The van der Waals surface area contributed by atoms with E-state index in [4.69, 9.17) is 4.74 Å². The van der Waals surface area contributed by atoms with Crippen LogP contribution in [0.5, 0.6) is 0 Å². The Bertz CT molecular complexity index is 129.